The van der Waals surface area contributed by atoms with Crippen molar-refractivity contribution in [1.29, 1.82) is 0 Å². The van der Waals surface area contributed by atoms with Crippen molar-refractivity contribution in [3.63, 3.8) is 0 Å². The van der Waals surface area contributed by atoms with Crippen molar-refractivity contribution in [1.82, 2.24) is 0 Å². The lowest BCUT2D eigenvalue weighted by Gasteiger charge is -2.10. The van der Waals surface area contributed by atoms with E-state index >= 15 is 0 Å². The van der Waals surface area contributed by atoms with Crippen LogP contribution in [-0.4, -0.2) is 6.79 Å². The van der Waals surface area contributed by atoms with Gasteiger partial charge in [0.05, 0.1) is 0 Å². The van der Waals surface area contributed by atoms with Gasteiger partial charge in [0.15, 0.2) is 11.5 Å². The van der Waals surface area contributed by atoms with Crippen molar-refractivity contribution in [2.24, 2.45) is 0 Å². The normalized spacial score (nSPS) is 20.9. The molecule has 0 saturated carbocycles. The number of rotatable bonds is 0. The average molecular weight is 226 g/mol. The lowest BCUT2D eigenvalue weighted by molar-refractivity contribution is 0.174. The lowest BCUT2D eigenvalue weighted by Crippen LogP contribution is -1.92. The standard InChI is InChI=1S/C15H14O2/c1-9-2-3-10-4-5-11-6-13-14(17-8-16-13)7-12(11)15(9)10/h4-7,9H,2-3,8H2,1H3. The van der Waals surface area contributed by atoms with Crippen LogP contribution in [0.2, 0.25) is 0 Å². The van der Waals surface area contributed by atoms with Gasteiger partial charge in [-0.15, -0.1) is 0 Å². The van der Waals surface area contributed by atoms with Gasteiger partial charge in [0.2, 0.25) is 6.79 Å². The lowest BCUT2D eigenvalue weighted by atomic mass is 9.95. The van der Waals surface area contributed by atoms with Gasteiger partial charge in [-0.2, -0.15) is 0 Å². The van der Waals surface area contributed by atoms with Crippen LogP contribution < -0.4 is 9.47 Å². The highest BCUT2D eigenvalue weighted by atomic mass is 16.7. The first-order valence-electron chi connectivity index (χ1n) is 6.18. The first-order valence-corrected chi connectivity index (χ1v) is 6.18. The van der Waals surface area contributed by atoms with E-state index in [1.165, 1.54) is 34.7 Å². The second-order valence-electron chi connectivity index (χ2n) is 5.00. The van der Waals surface area contributed by atoms with Crippen molar-refractivity contribution in [2.45, 2.75) is 25.7 Å². The fourth-order valence-corrected chi connectivity index (χ4v) is 3.10. The van der Waals surface area contributed by atoms with E-state index in [9.17, 15) is 0 Å². The van der Waals surface area contributed by atoms with Gasteiger partial charge in [0, 0.05) is 0 Å². The second kappa shape index (κ2) is 3.16. The summed E-state index contributed by atoms with van der Waals surface area (Å²) in [6, 6.07) is 8.72. The molecule has 17 heavy (non-hydrogen) atoms. The molecule has 4 rings (SSSR count). The van der Waals surface area contributed by atoms with Gasteiger partial charge in [0.1, 0.15) is 0 Å². The SMILES string of the molecule is CC1CCc2ccc3cc4c(cc3c21)OCO4. The first-order chi connectivity index (χ1) is 8.33. The monoisotopic (exact) mass is 226 g/mol. The third-order valence-electron chi connectivity index (χ3n) is 3.98. The smallest absolute Gasteiger partial charge is 0.231 e. The quantitative estimate of drug-likeness (QED) is 0.683. The molecule has 0 bridgehead atoms. The Morgan fingerprint density at radius 2 is 1.94 bits per heavy atom. The molecule has 1 unspecified atom stereocenters. The molecule has 2 heteroatoms. The molecule has 0 aromatic heterocycles. The average Bonchev–Trinajstić information content (AvgIpc) is 2.92. The fourth-order valence-electron chi connectivity index (χ4n) is 3.10. The zero-order valence-corrected chi connectivity index (χ0v) is 9.82. The Balaban J connectivity index is 2.07. The number of ether oxygens (including phenoxy) is 2. The summed E-state index contributed by atoms with van der Waals surface area (Å²) in [5.41, 5.74) is 3.02. The zero-order chi connectivity index (χ0) is 11.4. The zero-order valence-electron chi connectivity index (χ0n) is 9.82. The molecule has 1 heterocycles. The fraction of sp³-hybridized carbons (Fsp3) is 0.333. The highest BCUT2D eigenvalue weighted by molar-refractivity contribution is 5.91. The summed E-state index contributed by atoms with van der Waals surface area (Å²) in [7, 11) is 0. The molecule has 0 fully saturated rings. The molecule has 2 aromatic carbocycles. The predicted molar refractivity (Wildman–Crippen MR) is 66.8 cm³/mol. The predicted octanol–water partition coefficient (Wildman–Crippen LogP) is 3.62. The molecule has 0 spiro atoms. The van der Waals surface area contributed by atoms with Crippen molar-refractivity contribution < 1.29 is 9.47 Å². The van der Waals surface area contributed by atoms with E-state index in [1.54, 1.807) is 0 Å². The molecular weight excluding hydrogens is 212 g/mol. The van der Waals surface area contributed by atoms with Crippen molar-refractivity contribution in [3.05, 3.63) is 35.4 Å². The van der Waals surface area contributed by atoms with Crippen LogP contribution in [0.1, 0.15) is 30.4 Å². The molecule has 1 aliphatic heterocycles. The summed E-state index contributed by atoms with van der Waals surface area (Å²) in [6.45, 7) is 2.67. The van der Waals surface area contributed by atoms with Gasteiger partial charge in [-0.25, -0.2) is 0 Å². The Bertz CT molecular complexity index is 616. The molecule has 0 saturated heterocycles. The summed E-state index contributed by atoms with van der Waals surface area (Å²) >= 11 is 0. The molecule has 2 aliphatic rings. The van der Waals surface area contributed by atoms with E-state index in [-0.39, 0.29) is 0 Å². The number of aryl methyl sites for hydroxylation is 1. The summed E-state index contributed by atoms with van der Waals surface area (Å²) in [5.74, 6) is 2.43. The van der Waals surface area contributed by atoms with Gasteiger partial charge >= 0.3 is 0 Å². The topological polar surface area (TPSA) is 18.5 Å². The van der Waals surface area contributed by atoms with Crippen LogP contribution in [0.25, 0.3) is 10.8 Å². The van der Waals surface area contributed by atoms with E-state index in [0.29, 0.717) is 12.7 Å². The molecule has 1 atom stereocenters. The van der Waals surface area contributed by atoms with Crippen LogP contribution >= 0.6 is 0 Å². The number of hydrogen-bond donors (Lipinski definition) is 0. The highest BCUT2D eigenvalue weighted by Gasteiger charge is 2.23. The summed E-state index contributed by atoms with van der Waals surface area (Å²) in [5, 5.41) is 2.61. The van der Waals surface area contributed by atoms with Crippen LogP contribution in [0.4, 0.5) is 0 Å². The van der Waals surface area contributed by atoms with Crippen LogP contribution in [0, 0.1) is 0 Å². The molecule has 86 valence electrons. The minimum Gasteiger partial charge on any atom is -0.454 e. The Hall–Kier alpha value is -1.70. The van der Waals surface area contributed by atoms with Crippen molar-refractivity contribution in [2.75, 3.05) is 6.79 Å². The third-order valence-corrected chi connectivity index (χ3v) is 3.98. The Kier molecular flexibility index (Phi) is 1.74. The van der Waals surface area contributed by atoms with Crippen molar-refractivity contribution >= 4 is 10.8 Å². The molecule has 0 N–H and O–H groups in total. The first kappa shape index (κ1) is 9.34. The van der Waals surface area contributed by atoms with E-state index in [2.05, 4.69) is 31.2 Å². The maximum Gasteiger partial charge on any atom is 0.231 e. The Morgan fingerprint density at radius 1 is 1.12 bits per heavy atom. The number of fused-ring (bicyclic) bond motifs is 4. The van der Waals surface area contributed by atoms with Gasteiger partial charge < -0.3 is 9.47 Å². The second-order valence-corrected chi connectivity index (χ2v) is 5.00. The highest BCUT2D eigenvalue weighted by Crippen LogP contribution is 2.43. The summed E-state index contributed by atoms with van der Waals surface area (Å²) < 4.78 is 10.9. The Morgan fingerprint density at radius 3 is 2.82 bits per heavy atom. The Labute approximate surface area is 100 Å². The summed E-state index contributed by atoms with van der Waals surface area (Å²) in [6.07, 6.45) is 2.48. The van der Waals surface area contributed by atoms with Crippen LogP contribution in [0.3, 0.4) is 0 Å². The molecule has 2 nitrogen and oxygen atoms in total. The number of benzene rings is 2. The van der Waals surface area contributed by atoms with Gasteiger partial charge in [-0.1, -0.05) is 19.1 Å². The van der Waals surface area contributed by atoms with Crippen LogP contribution in [0.15, 0.2) is 24.3 Å². The van der Waals surface area contributed by atoms with Crippen LogP contribution in [0.5, 0.6) is 11.5 Å². The largest absolute Gasteiger partial charge is 0.454 e. The maximum absolute atomic E-state index is 5.48. The molecule has 1 aliphatic carbocycles. The molecular formula is C15H14O2. The number of hydrogen-bond acceptors (Lipinski definition) is 2. The maximum atomic E-state index is 5.48. The minimum absolute atomic E-state index is 0.351. The van der Waals surface area contributed by atoms with Gasteiger partial charge in [0.25, 0.3) is 0 Å². The minimum atomic E-state index is 0.351. The summed E-state index contributed by atoms with van der Waals surface area (Å²) in [4.78, 5) is 0. The van der Waals surface area contributed by atoms with Gasteiger partial charge in [-0.3, -0.25) is 0 Å². The van der Waals surface area contributed by atoms with E-state index in [4.69, 9.17) is 9.47 Å². The van der Waals surface area contributed by atoms with Gasteiger partial charge in [-0.05, 0) is 52.8 Å². The third kappa shape index (κ3) is 1.21. The molecule has 2 aromatic rings. The molecule has 0 amide bonds. The van der Waals surface area contributed by atoms with Crippen LogP contribution in [-0.2, 0) is 6.42 Å². The van der Waals surface area contributed by atoms with E-state index in [1.807, 2.05) is 0 Å². The van der Waals surface area contributed by atoms with E-state index in [0.717, 1.165) is 11.5 Å². The van der Waals surface area contributed by atoms with E-state index < -0.39 is 0 Å². The molecule has 0 radical (unpaired) electrons. The van der Waals surface area contributed by atoms with Crippen molar-refractivity contribution in [3.8, 4) is 11.5 Å².